The molecule has 0 aliphatic heterocycles. The monoisotopic (exact) mass is 348 g/mol. The number of hydrazone groups is 1. The van der Waals surface area contributed by atoms with Crippen molar-refractivity contribution in [3.8, 4) is 11.5 Å². The van der Waals surface area contributed by atoms with E-state index in [2.05, 4.69) is 20.5 Å². The Balaban J connectivity index is 1.70. The van der Waals surface area contributed by atoms with Crippen LogP contribution in [0.2, 0.25) is 0 Å². The number of ether oxygens (including phenoxy) is 2. The molecule has 0 aliphatic rings. The molecule has 130 valence electrons. The number of carbonyl (C=O) groups is 1. The maximum atomic E-state index is 12.1. The minimum absolute atomic E-state index is 0.316. The molecule has 7 nitrogen and oxygen atoms in total. The first-order valence-corrected chi connectivity index (χ1v) is 7.76. The van der Waals surface area contributed by atoms with Crippen LogP contribution in [-0.4, -0.2) is 29.3 Å². The molecule has 7 heteroatoms. The summed E-state index contributed by atoms with van der Waals surface area (Å²) in [6.07, 6.45) is 6.32. The third kappa shape index (κ3) is 4.41. The van der Waals surface area contributed by atoms with Crippen molar-refractivity contribution in [3.05, 3.63) is 78.2 Å². The minimum atomic E-state index is -0.505. The Hall–Kier alpha value is -3.74. The van der Waals surface area contributed by atoms with Crippen LogP contribution >= 0.6 is 0 Å². The Morgan fingerprint density at radius 1 is 1.12 bits per heavy atom. The lowest BCUT2D eigenvalue weighted by Gasteiger charge is -2.09. The number of anilines is 1. The Morgan fingerprint density at radius 2 is 2.04 bits per heavy atom. The second-order valence-corrected chi connectivity index (χ2v) is 5.13. The summed E-state index contributed by atoms with van der Waals surface area (Å²) in [6.45, 7) is 0. The van der Waals surface area contributed by atoms with E-state index >= 15 is 0 Å². The number of hydrogen-bond donors (Lipinski definition) is 1. The lowest BCUT2D eigenvalue weighted by molar-refractivity contribution is 0.0729. The molecule has 0 radical (unpaired) electrons. The molecule has 1 aromatic carbocycles. The Bertz CT molecular complexity index is 899. The molecule has 1 N–H and O–H groups in total. The number of esters is 1. The second-order valence-electron chi connectivity index (χ2n) is 5.13. The molecule has 3 aromatic rings. The van der Waals surface area contributed by atoms with Crippen molar-refractivity contribution in [2.75, 3.05) is 12.5 Å². The van der Waals surface area contributed by atoms with E-state index in [0.29, 0.717) is 22.9 Å². The zero-order valence-electron chi connectivity index (χ0n) is 14.0. The van der Waals surface area contributed by atoms with E-state index in [-0.39, 0.29) is 0 Å². The van der Waals surface area contributed by atoms with Crippen LogP contribution in [-0.2, 0) is 0 Å². The highest BCUT2D eigenvalue weighted by Crippen LogP contribution is 2.28. The van der Waals surface area contributed by atoms with Crippen molar-refractivity contribution in [1.82, 2.24) is 9.97 Å². The number of benzene rings is 1. The molecule has 3 rings (SSSR count). The fraction of sp³-hybridized carbons (Fsp3) is 0.0526. The van der Waals surface area contributed by atoms with Crippen molar-refractivity contribution in [2.45, 2.75) is 0 Å². The van der Waals surface area contributed by atoms with Gasteiger partial charge in [0.1, 0.15) is 5.82 Å². The van der Waals surface area contributed by atoms with Gasteiger partial charge in [0, 0.05) is 18.6 Å². The Morgan fingerprint density at radius 3 is 2.77 bits per heavy atom. The van der Waals surface area contributed by atoms with E-state index in [9.17, 15) is 4.79 Å². The normalized spacial score (nSPS) is 10.5. The quantitative estimate of drug-likeness (QED) is 0.319. The Kier molecular flexibility index (Phi) is 5.51. The second kappa shape index (κ2) is 8.39. The van der Waals surface area contributed by atoms with Crippen molar-refractivity contribution in [2.24, 2.45) is 5.10 Å². The van der Waals surface area contributed by atoms with Gasteiger partial charge in [0.2, 0.25) is 0 Å². The molecular formula is C19H16N4O3. The molecule has 0 unspecified atom stereocenters. The number of pyridine rings is 2. The lowest BCUT2D eigenvalue weighted by atomic mass is 10.2. The maximum absolute atomic E-state index is 12.1. The maximum Gasteiger partial charge on any atom is 0.345 e. The summed E-state index contributed by atoms with van der Waals surface area (Å²) in [5, 5.41) is 4.12. The highest BCUT2D eigenvalue weighted by atomic mass is 16.6. The van der Waals surface area contributed by atoms with Gasteiger partial charge in [-0.2, -0.15) is 5.10 Å². The van der Waals surface area contributed by atoms with Crippen LogP contribution in [0.4, 0.5) is 5.82 Å². The van der Waals surface area contributed by atoms with Crippen LogP contribution in [0.25, 0.3) is 0 Å². The molecule has 0 atom stereocenters. The molecule has 0 bridgehead atoms. The average molecular weight is 348 g/mol. The van der Waals surface area contributed by atoms with Crippen LogP contribution in [0.3, 0.4) is 0 Å². The summed E-state index contributed by atoms with van der Waals surface area (Å²) in [6, 6.07) is 13.9. The number of aromatic nitrogens is 2. The molecule has 26 heavy (non-hydrogen) atoms. The first-order chi connectivity index (χ1) is 12.8. The van der Waals surface area contributed by atoms with E-state index < -0.39 is 5.97 Å². The van der Waals surface area contributed by atoms with E-state index in [4.69, 9.17) is 9.47 Å². The van der Waals surface area contributed by atoms with Crippen LogP contribution in [0.5, 0.6) is 11.5 Å². The van der Waals surface area contributed by atoms with Crippen molar-refractivity contribution in [3.63, 3.8) is 0 Å². The smallest absolute Gasteiger partial charge is 0.345 e. The molecular weight excluding hydrogens is 332 g/mol. The third-order valence-corrected chi connectivity index (χ3v) is 3.35. The average Bonchev–Trinajstić information content (AvgIpc) is 2.70. The first-order valence-electron chi connectivity index (χ1n) is 7.76. The van der Waals surface area contributed by atoms with Gasteiger partial charge in [0.15, 0.2) is 11.5 Å². The SMILES string of the molecule is COc1cc(/C=N/Nc2ccccn2)ccc1OC(=O)c1cccnc1. The summed E-state index contributed by atoms with van der Waals surface area (Å²) in [5.41, 5.74) is 3.95. The van der Waals surface area contributed by atoms with Crippen molar-refractivity contribution < 1.29 is 14.3 Å². The molecule has 0 aliphatic carbocycles. The molecule has 0 amide bonds. The van der Waals surface area contributed by atoms with Crippen molar-refractivity contribution >= 4 is 18.0 Å². The van der Waals surface area contributed by atoms with Gasteiger partial charge >= 0.3 is 5.97 Å². The predicted octanol–water partition coefficient (Wildman–Crippen LogP) is 3.15. The van der Waals surface area contributed by atoms with Gasteiger partial charge in [-0.15, -0.1) is 0 Å². The van der Waals surface area contributed by atoms with Gasteiger partial charge in [-0.05, 0) is 48.0 Å². The van der Waals surface area contributed by atoms with Crippen LogP contribution in [0, 0.1) is 0 Å². The van der Waals surface area contributed by atoms with E-state index in [1.807, 2.05) is 12.1 Å². The Labute approximate surface area is 150 Å². The zero-order chi connectivity index (χ0) is 18.2. The van der Waals surface area contributed by atoms with Gasteiger partial charge in [0.25, 0.3) is 0 Å². The van der Waals surface area contributed by atoms with Gasteiger partial charge in [-0.3, -0.25) is 10.4 Å². The number of rotatable bonds is 6. The summed E-state index contributed by atoms with van der Waals surface area (Å²) < 4.78 is 10.7. The van der Waals surface area contributed by atoms with E-state index in [0.717, 1.165) is 5.56 Å². The summed E-state index contributed by atoms with van der Waals surface area (Å²) in [5.74, 6) is 0.868. The summed E-state index contributed by atoms with van der Waals surface area (Å²) in [7, 11) is 1.50. The van der Waals surface area contributed by atoms with E-state index in [1.165, 1.54) is 13.3 Å². The molecule has 0 fully saturated rings. The lowest BCUT2D eigenvalue weighted by Crippen LogP contribution is -2.09. The number of methoxy groups -OCH3 is 1. The highest BCUT2D eigenvalue weighted by Gasteiger charge is 2.12. The minimum Gasteiger partial charge on any atom is -0.493 e. The molecule has 0 saturated heterocycles. The summed E-state index contributed by atoms with van der Waals surface area (Å²) in [4.78, 5) is 20.1. The fourth-order valence-corrected chi connectivity index (χ4v) is 2.09. The zero-order valence-corrected chi connectivity index (χ0v) is 14.0. The van der Waals surface area contributed by atoms with Crippen LogP contribution in [0.1, 0.15) is 15.9 Å². The van der Waals surface area contributed by atoms with Crippen LogP contribution in [0.15, 0.2) is 72.2 Å². The first kappa shape index (κ1) is 17.1. The predicted molar refractivity (Wildman–Crippen MR) is 97.6 cm³/mol. The number of nitrogens with zero attached hydrogens (tertiary/aromatic N) is 3. The molecule has 0 saturated carbocycles. The molecule has 2 heterocycles. The molecule has 0 spiro atoms. The topological polar surface area (TPSA) is 85.7 Å². The van der Waals surface area contributed by atoms with Gasteiger partial charge < -0.3 is 9.47 Å². The number of nitrogens with one attached hydrogen (secondary N) is 1. The summed E-state index contributed by atoms with van der Waals surface area (Å²) >= 11 is 0. The van der Waals surface area contributed by atoms with Gasteiger partial charge in [-0.1, -0.05) is 6.07 Å². The highest BCUT2D eigenvalue weighted by molar-refractivity contribution is 5.91. The molecule has 2 aromatic heterocycles. The van der Waals surface area contributed by atoms with Crippen molar-refractivity contribution in [1.29, 1.82) is 0 Å². The van der Waals surface area contributed by atoms with E-state index in [1.54, 1.807) is 55.0 Å². The number of carbonyl (C=O) groups excluding carboxylic acids is 1. The van der Waals surface area contributed by atoms with Gasteiger partial charge in [0.05, 0.1) is 18.9 Å². The fourth-order valence-electron chi connectivity index (χ4n) is 2.09. The standard InChI is InChI=1S/C19H16N4O3/c1-25-17-11-14(12-22-23-18-6-2-3-10-21-18)7-8-16(17)26-19(24)15-5-4-9-20-13-15/h2-13H,1H3,(H,21,23)/b22-12+. The third-order valence-electron chi connectivity index (χ3n) is 3.35. The number of hydrogen-bond acceptors (Lipinski definition) is 7. The van der Waals surface area contributed by atoms with Gasteiger partial charge in [-0.25, -0.2) is 9.78 Å². The van der Waals surface area contributed by atoms with Crippen LogP contribution < -0.4 is 14.9 Å². The largest absolute Gasteiger partial charge is 0.493 e.